The molecule has 23 heavy (non-hydrogen) atoms. The van der Waals surface area contributed by atoms with E-state index in [0.717, 1.165) is 16.8 Å². The summed E-state index contributed by atoms with van der Waals surface area (Å²) in [5.74, 6) is 0.986. The van der Waals surface area contributed by atoms with Crippen LogP contribution >= 0.6 is 0 Å². The van der Waals surface area contributed by atoms with E-state index in [4.69, 9.17) is 4.52 Å². The van der Waals surface area contributed by atoms with Crippen LogP contribution < -0.4 is 5.32 Å². The molecule has 0 saturated carbocycles. The van der Waals surface area contributed by atoms with E-state index >= 15 is 0 Å². The summed E-state index contributed by atoms with van der Waals surface area (Å²) >= 11 is 0. The van der Waals surface area contributed by atoms with Gasteiger partial charge in [0.25, 0.3) is 5.91 Å². The molecule has 0 spiro atoms. The summed E-state index contributed by atoms with van der Waals surface area (Å²) in [7, 11) is 0. The van der Waals surface area contributed by atoms with Gasteiger partial charge in [0, 0.05) is 11.3 Å². The van der Waals surface area contributed by atoms with Crippen molar-refractivity contribution in [2.45, 2.75) is 20.3 Å². The van der Waals surface area contributed by atoms with Gasteiger partial charge in [-0.2, -0.15) is 4.98 Å². The fourth-order valence-electron chi connectivity index (χ4n) is 2.27. The fourth-order valence-corrected chi connectivity index (χ4v) is 2.27. The summed E-state index contributed by atoms with van der Waals surface area (Å²) in [5, 5.41) is 6.73. The SMILES string of the molecule is Cc1ccc(C(=O)Nc2ccccc2Cc2nc(C)no2)cc1. The van der Waals surface area contributed by atoms with Crippen LogP contribution in [0.2, 0.25) is 0 Å². The first-order valence-corrected chi connectivity index (χ1v) is 7.37. The summed E-state index contributed by atoms with van der Waals surface area (Å²) in [6, 6.07) is 15.1. The van der Waals surface area contributed by atoms with Crippen LogP contribution in [0, 0.1) is 13.8 Å². The Morgan fingerprint density at radius 3 is 2.52 bits per heavy atom. The molecular formula is C18H17N3O2. The van der Waals surface area contributed by atoms with Crippen molar-refractivity contribution in [1.29, 1.82) is 0 Å². The van der Waals surface area contributed by atoms with Crippen LogP contribution in [0.25, 0.3) is 0 Å². The molecule has 1 N–H and O–H groups in total. The Kier molecular flexibility index (Phi) is 4.19. The molecule has 1 aromatic heterocycles. The molecule has 3 aromatic rings. The number of amides is 1. The van der Waals surface area contributed by atoms with Gasteiger partial charge < -0.3 is 9.84 Å². The number of hydrogen-bond donors (Lipinski definition) is 1. The van der Waals surface area contributed by atoms with Crippen molar-refractivity contribution in [2.75, 3.05) is 5.32 Å². The lowest BCUT2D eigenvalue weighted by Crippen LogP contribution is -2.13. The van der Waals surface area contributed by atoms with E-state index in [1.807, 2.05) is 55.5 Å². The molecule has 1 heterocycles. The smallest absolute Gasteiger partial charge is 0.255 e. The van der Waals surface area contributed by atoms with Gasteiger partial charge in [-0.15, -0.1) is 0 Å². The van der Waals surface area contributed by atoms with Gasteiger partial charge >= 0.3 is 0 Å². The molecule has 0 aliphatic carbocycles. The lowest BCUT2D eigenvalue weighted by molar-refractivity contribution is 0.102. The molecule has 0 fully saturated rings. The number of para-hydroxylation sites is 1. The second-order valence-electron chi connectivity index (χ2n) is 5.39. The Labute approximate surface area is 134 Å². The summed E-state index contributed by atoms with van der Waals surface area (Å²) < 4.78 is 5.15. The van der Waals surface area contributed by atoms with E-state index in [9.17, 15) is 4.79 Å². The molecule has 0 saturated heterocycles. The third-order valence-electron chi connectivity index (χ3n) is 3.49. The van der Waals surface area contributed by atoms with Crippen LogP contribution in [-0.4, -0.2) is 16.0 Å². The Bertz CT molecular complexity index is 822. The maximum atomic E-state index is 12.4. The molecular weight excluding hydrogens is 290 g/mol. The number of nitrogens with one attached hydrogen (secondary N) is 1. The quantitative estimate of drug-likeness (QED) is 0.800. The highest BCUT2D eigenvalue weighted by molar-refractivity contribution is 6.04. The number of carbonyl (C=O) groups excluding carboxylic acids is 1. The zero-order valence-corrected chi connectivity index (χ0v) is 13.0. The minimum atomic E-state index is -0.140. The average Bonchev–Trinajstić information content (AvgIpc) is 2.95. The maximum Gasteiger partial charge on any atom is 0.255 e. The van der Waals surface area contributed by atoms with Crippen molar-refractivity contribution in [3.63, 3.8) is 0 Å². The molecule has 0 aliphatic heterocycles. The van der Waals surface area contributed by atoms with Crippen molar-refractivity contribution in [2.24, 2.45) is 0 Å². The van der Waals surface area contributed by atoms with Gasteiger partial charge in [-0.25, -0.2) is 0 Å². The van der Waals surface area contributed by atoms with Crippen LogP contribution in [0.1, 0.15) is 33.2 Å². The van der Waals surface area contributed by atoms with E-state index in [-0.39, 0.29) is 5.91 Å². The van der Waals surface area contributed by atoms with Crippen LogP contribution in [0.15, 0.2) is 53.1 Å². The van der Waals surface area contributed by atoms with Crippen molar-refractivity contribution < 1.29 is 9.32 Å². The molecule has 1 amide bonds. The van der Waals surface area contributed by atoms with Gasteiger partial charge in [0.05, 0.1) is 6.42 Å². The summed E-state index contributed by atoms with van der Waals surface area (Å²) in [6.45, 7) is 3.77. The number of hydrogen-bond acceptors (Lipinski definition) is 4. The second-order valence-corrected chi connectivity index (χ2v) is 5.39. The molecule has 5 nitrogen and oxygen atoms in total. The zero-order valence-electron chi connectivity index (χ0n) is 13.0. The Hall–Kier alpha value is -2.95. The highest BCUT2D eigenvalue weighted by atomic mass is 16.5. The number of aromatic nitrogens is 2. The monoisotopic (exact) mass is 307 g/mol. The molecule has 5 heteroatoms. The first-order valence-electron chi connectivity index (χ1n) is 7.37. The zero-order chi connectivity index (χ0) is 16.2. The molecule has 2 aromatic carbocycles. The minimum absolute atomic E-state index is 0.140. The van der Waals surface area contributed by atoms with Gasteiger partial charge in [0.15, 0.2) is 5.82 Å². The predicted octanol–water partition coefficient (Wildman–Crippen LogP) is 3.53. The van der Waals surface area contributed by atoms with Gasteiger partial charge in [-0.3, -0.25) is 4.79 Å². The molecule has 3 rings (SSSR count). The Morgan fingerprint density at radius 1 is 1.09 bits per heavy atom. The molecule has 0 unspecified atom stereocenters. The third kappa shape index (κ3) is 3.63. The first-order chi connectivity index (χ1) is 11.1. The lowest BCUT2D eigenvalue weighted by Gasteiger charge is -2.10. The van der Waals surface area contributed by atoms with Crippen LogP contribution in [-0.2, 0) is 6.42 Å². The van der Waals surface area contributed by atoms with Gasteiger partial charge in [0.1, 0.15) is 0 Å². The van der Waals surface area contributed by atoms with Gasteiger partial charge in [0.2, 0.25) is 5.89 Å². The number of carbonyl (C=O) groups is 1. The number of aryl methyl sites for hydroxylation is 2. The highest BCUT2D eigenvalue weighted by Gasteiger charge is 2.11. The van der Waals surface area contributed by atoms with E-state index in [1.54, 1.807) is 6.92 Å². The number of benzene rings is 2. The molecule has 0 radical (unpaired) electrons. The van der Waals surface area contributed by atoms with Crippen molar-refractivity contribution in [1.82, 2.24) is 10.1 Å². The Morgan fingerprint density at radius 2 is 1.83 bits per heavy atom. The first kappa shape index (κ1) is 15.0. The minimum Gasteiger partial charge on any atom is -0.339 e. The molecule has 0 bridgehead atoms. The van der Waals surface area contributed by atoms with Crippen LogP contribution in [0.5, 0.6) is 0 Å². The third-order valence-corrected chi connectivity index (χ3v) is 3.49. The van der Waals surface area contributed by atoms with Crippen molar-refractivity contribution in [3.8, 4) is 0 Å². The topological polar surface area (TPSA) is 68.0 Å². The number of nitrogens with zero attached hydrogens (tertiary/aromatic N) is 2. The van der Waals surface area contributed by atoms with Crippen LogP contribution in [0.4, 0.5) is 5.69 Å². The summed E-state index contributed by atoms with van der Waals surface area (Å²) in [5.41, 5.74) is 3.42. The van der Waals surface area contributed by atoms with Gasteiger partial charge in [-0.05, 0) is 37.6 Å². The van der Waals surface area contributed by atoms with Crippen LogP contribution in [0.3, 0.4) is 0 Å². The lowest BCUT2D eigenvalue weighted by atomic mass is 10.1. The van der Waals surface area contributed by atoms with Crippen molar-refractivity contribution in [3.05, 3.63) is 76.9 Å². The van der Waals surface area contributed by atoms with E-state index in [1.165, 1.54) is 0 Å². The Balaban J connectivity index is 1.80. The molecule has 116 valence electrons. The number of rotatable bonds is 4. The summed E-state index contributed by atoms with van der Waals surface area (Å²) in [4.78, 5) is 16.6. The maximum absolute atomic E-state index is 12.4. The predicted molar refractivity (Wildman–Crippen MR) is 87.4 cm³/mol. The van der Waals surface area contributed by atoms with Crippen molar-refractivity contribution >= 4 is 11.6 Å². The average molecular weight is 307 g/mol. The molecule has 0 atom stereocenters. The van der Waals surface area contributed by atoms with Gasteiger partial charge in [-0.1, -0.05) is 41.1 Å². The van der Waals surface area contributed by atoms with E-state index < -0.39 is 0 Å². The standard InChI is InChI=1S/C18H17N3O2/c1-12-7-9-14(10-8-12)18(22)20-16-6-4-3-5-15(16)11-17-19-13(2)21-23-17/h3-10H,11H2,1-2H3,(H,20,22). The second kappa shape index (κ2) is 6.44. The largest absolute Gasteiger partial charge is 0.339 e. The molecule has 0 aliphatic rings. The van der Waals surface area contributed by atoms with E-state index in [0.29, 0.717) is 23.7 Å². The summed E-state index contributed by atoms with van der Waals surface area (Å²) in [6.07, 6.45) is 0.477. The number of anilines is 1. The fraction of sp³-hybridized carbons (Fsp3) is 0.167. The normalized spacial score (nSPS) is 10.5. The van der Waals surface area contributed by atoms with E-state index in [2.05, 4.69) is 15.5 Å². The highest BCUT2D eigenvalue weighted by Crippen LogP contribution is 2.19.